The molecule has 0 aliphatic heterocycles. The molecule has 0 aromatic heterocycles. The van der Waals surface area contributed by atoms with Crippen LogP contribution < -0.4 is 0 Å². The van der Waals surface area contributed by atoms with E-state index in [4.69, 9.17) is 14.2 Å². The van der Waals surface area contributed by atoms with Crippen LogP contribution >= 0.6 is 0 Å². The molecule has 0 aromatic carbocycles. The van der Waals surface area contributed by atoms with Crippen molar-refractivity contribution in [1.82, 2.24) is 0 Å². The van der Waals surface area contributed by atoms with Crippen molar-refractivity contribution >= 4 is 17.9 Å². The predicted molar refractivity (Wildman–Crippen MR) is 275 cm³/mol. The standard InChI is InChI=1S/C58H112O6/c1-6-7-8-9-10-11-12-13-18-23-28-33-38-43-48-56(59)62-51-55(64-58(61)50-45-40-35-30-25-20-15-17-22-27-32-37-42-47-54(4)5)52-63-57(60)49-44-39-34-29-24-19-14-16-21-26-31-36-41-46-53(2)3/h53-55H,6-52H2,1-5H3/t55-/m1/s1. The van der Waals surface area contributed by atoms with Crippen molar-refractivity contribution in [2.75, 3.05) is 13.2 Å². The molecule has 0 aromatic rings. The maximum atomic E-state index is 12.8. The van der Waals surface area contributed by atoms with E-state index in [9.17, 15) is 14.4 Å². The van der Waals surface area contributed by atoms with Gasteiger partial charge in [-0.2, -0.15) is 0 Å². The van der Waals surface area contributed by atoms with E-state index in [1.54, 1.807) is 0 Å². The van der Waals surface area contributed by atoms with Crippen molar-refractivity contribution in [3.63, 3.8) is 0 Å². The Hall–Kier alpha value is -1.59. The average molecular weight is 906 g/mol. The van der Waals surface area contributed by atoms with Crippen LogP contribution in [0.4, 0.5) is 0 Å². The lowest BCUT2D eigenvalue weighted by Gasteiger charge is -2.18. The molecule has 0 bridgehead atoms. The van der Waals surface area contributed by atoms with E-state index in [0.717, 1.165) is 69.6 Å². The number of hydrogen-bond donors (Lipinski definition) is 0. The third-order valence-corrected chi connectivity index (χ3v) is 13.2. The minimum Gasteiger partial charge on any atom is -0.462 e. The summed E-state index contributed by atoms with van der Waals surface area (Å²) in [5, 5.41) is 0. The highest BCUT2D eigenvalue weighted by Crippen LogP contribution is 2.18. The summed E-state index contributed by atoms with van der Waals surface area (Å²) < 4.78 is 16.9. The zero-order chi connectivity index (χ0) is 46.8. The second-order valence-electron chi connectivity index (χ2n) is 20.9. The molecule has 0 radical (unpaired) electrons. The van der Waals surface area contributed by atoms with Crippen LogP contribution in [-0.2, 0) is 28.6 Å². The van der Waals surface area contributed by atoms with Crippen LogP contribution in [0.3, 0.4) is 0 Å². The number of hydrogen-bond acceptors (Lipinski definition) is 6. The monoisotopic (exact) mass is 905 g/mol. The molecule has 1 atom stereocenters. The Bertz CT molecular complexity index is 978. The summed E-state index contributed by atoms with van der Waals surface area (Å²) in [6.45, 7) is 11.4. The number of carbonyl (C=O) groups is 3. The van der Waals surface area contributed by atoms with Crippen LogP contribution in [0.5, 0.6) is 0 Å². The lowest BCUT2D eigenvalue weighted by Crippen LogP contribution is -2.30. The fourth-order valence-corrected chi connectivity index (χ4v) is 8.87. The highest BCUT2D eigenvalue weighted by molar-refractivity contribution is 5.71. The minimum atomic E-state index is -0.762. The molecule has 6 nitrogen and oxygen atoms in total. The van der Waals surface area contributed by atoms with E-state index >= 15 is 0 Å². The van der Waals surface area contributed by atoms with Crippen LogP contribution in [0.25, 0.3) is 0 Å². The molecule has 6 heteroatoms. The molecule has 0 heterocycles. The second kappa shape index (κ2) is 50.8. The molecule has 0 spiro atoms. The fourth-order valence-electron chi connectivity index (χ4n) is 8.87. The maximum Gasteiger partial charge on any atom is 0.306 e. The Labute approximate surface area is 399 Å². The molecule has 0 unspecified atom stereocenters. The van der Waals surface area contributed by atoms with Gasteiger partial charge in [-0.05, 0) is 31.1 Å². The van der Waals surface area contributed by atoms with Gasteiger partial charge in [0.25, 0.3) is 0 Å². The van der Waals surface area contributed by atoms with Crippen molar-refractivity contribution in [2.24, 2.45) is 11.8 Å². The molecular formula is C58H112O6. The molecule has 380 valence electrons. The summed E-state index contributed by atoms with van der Waals surface area (Å²) in [6.07, 6.45) is 53.7. The molecule has 0 saturated carbocycles. The van der Waals surface area contributed by atoms with Crippen LogP contribution in [-0.4, -0.2) is 37.2 Å². The zero-order valence-electron chi connectivity index (χ0n) is 43.9. The van der Waals surface area contributed by atoms with Gasteiger partial charge in [0.05, 0.1) is 0 Å². The lowest BCUT2D eigenvalue weighted by molar-refractivity contribution is -0.167. The van der Waals surface area contributed by atoms with Gasteiger partial charge in [0.1, 0.15) is 13.2 Å². The lowest BCUT2D eigenvalue weighted by atomic mass is 10.0. The summed E-state index contributed by atoms with van der Waals surface area (Å²) >= 11 is 0. The Morgan fingerprint density at radius 1 is 0.297 bits per heavy atom. The van der Waals surface area contributed by atoms with Gasteiger partial charge in [-0.1, -0.05) is 285 Å². The Kier molecular flexibility index (Phi) is 49.6. The van der Waals surface area contributed by atoms with Gasteiger partial charge in [-0.3, -0.25) is 14.4 Å². The van der Waals surface area contributed by atoms with E-state index in [1.165, 1.54) is 212 Å². The predicted octanol–water partition coefficient (Wildman–Crippen LogP) is 18.9. The van der Waals surface area contributed by atoms with E-state index in [1.807, 2.05) is 0 Å². The van der Waals surface area contributed by atoms with Crippen molar-refractivity contribution in [3.05, 3.63) is 0 Å². The largest absolute Gasteiger partial charge is 0.462 e. The number of carbonyl (C=O) groups excluding carboxylic acids is 3. The summed E-state index contributed by atoms with van der Waals surface area (Å²) in [6, 6.07) is 0. The molecule has 0 amide bonds. The summed E-state index contributed by atoms with van der Waals surface area (Å²) in [7, 11) is 0. The SMILES string of the molecule is CCCCCCCCCCCCCCCCC(=O)OC[C@H](COC(=O)CCCCCCCCCCCCCCCC(C)C)OC(=O)CCCCCCCCCCCCCCCC(C)C. The van der Waals surface area contributed by atoms with Gasteiger partial charge < -0.3 is 14.2 Å². The van der Waals surface area contributed by atoms with Crippen molar-refractivity contribution in [1.29, 1.82) is 0 Å². The van der Waals surface area contributed by atoms with Crippen molar-refractivity contribution in [2.45, 2.75) is 330 Å². The first-order chi connectivity index (χ1) is 31.2. The van der Waals surface area contributed by atoms with Crippen molar-refractivity contribution in [3.8, 4) is 0 Å². The fraction of sp³-hybridized carbons (Fsp3) is 0.948. The quantitative estimate of drug-likeness (QED) is 0.0344. The van der Waals surface area contributed by atoms with Gasteiger partial charge in [0.15, 0.2) is 6.10 Å². The Balaban J connectivity index is 4.30. The number of esters is 3. The average Bonchev–Trinajstić information content (AvgIpc) is 3.27. The van der Waals surface area contributed by atoms with Gasteiger partial charge in [0.2, 0.25) is 0 Å². The van der Waals surface area contributed by atoms with Gasteiger partial charge >= 0.3 is 17.9 Å². The summed E-state index contributed by atoms with van der Waals surface area (Å²) in [5.74, 6) is 0.839. The molecule has 0 aliphatic carbocycles. The van der Waals surface area contributed by atoms with Gasteiger partial charge in [0, 0.05) is 19.3 Å². The van der Waals surface area contributed by atoms with Crippen LogP contribution in [0, 0.1) is 11.8 Å². The third-order valence-electron chi connectivity index (χ3n) is 13.2. The zero-order valence-corrected chi connectivity index (χ0v) is 43.9. The maximum absolute atomic E-state index is 12.8. The smallest absolute Gasteiger partial charge is 0.306 e. The van der Waals surface area contributed by atoms with Crippen molar-refractivity contribution < 1.29 is 28.6 Å². The van der Waals surface area contributed by atoms with Gasteiger partial charge in [-0.25, -0.2) is 0 Å². The first-order valence-corrected chi connectivity index (χ1v) is 28.7. The minimum absolute atomic E-state index is 0.0626. The second-order valence-corrected chi connectivity index (χ2v) is 20.9. The van der Waals surface area contributed by atoms with E-state index in [2.05, 4.69) is 34.6 Å². The molecule has 0 rings (SSSR count). The van der Waals surface area contributed by atoms with Crippen LogP contribution in [0.15, 0.2) is 0 Å². The molecule has 0 aliphatic rings. The molecule has 0 saturated heterocycles. The summed E-state index contributed by atoms with van der Waals surface area (Å²) in [5.41, 5.74) is 0. The van der Waals surface area contributed by atoms with Crippen LogP contribution in [0.1, 0.15) is 324 Å². The van der Waals surface area contributed by atoms with E-state index in [-0.39, 0.29) is 31.1 Å². The third kappa shape index (κ3) is 51.4. The molecule has 64 heavy (non-hydrogen) atoms. The Morgan fingerprint density at radius 2 is 0.516 bits per heavy atom. The highest BCUT2D eigenvalue weighted by atomic mass is 16.6. The molecular weight excluding hydrogens is 793 g/mol. The topological polar surface area (TPSA) is 78.9 Å². The molecule has 0 fully saturated rings. The first-order valence-electron chi connectivity index (χ1n) is 28.7. The van der Waals surface area contributed by atoms with Gasteiger partial charge in [-0.15, -0.1) is 0 Å². The number of ether oxygens (including phenoxy) is 3. The first kappa shape index (κ1) is 62.4. The Morgan fingerprint density at radius 3 is 0.766 bits per heavy atom. The normalized spacial score (nSPS) is 12.0. The number of unbranched alkanes of at least 4 members (excludes halogenated alkanes) is 37. The molecule has 0 N–H and O–H groups in total. The highest BCUT2D eigenvalue weighted by Gasteiger charge is 2.19. The number of rotatable bonds is 52. The summed E-state index contributed by atoms with van der Waals surface area (Å²) in [4.78, 5) is 38.1. The van der Waals surface area contributed by atoms with Crippen LogP contribution in [0.2, 0.25) is 0 Å². The van der Waals surface area contributed by atoms with E-state index < -0.39 is 6.10 Å². The van der Waals surface area contributed by atoms with E-state index in [0.29, 0.717) is 19.3 Å².